The fraction of sp³-hybridized carbons (Fsp3) is 0.444. The summed E-state index contributed by atoms with van der Waals surface area (Å²) in [5.41, 5.74) is 5.46. The predicted molar refractivity (Wildman–Crippen MR) is 93.3 cm³/mol. The van der Waals surface area contributed by atoms with Crippen molar-refractivity contribution in [2.24, 2.45) is 12.5 Å². The Morgan fingerprint density at radius 1 is 1.19 bits per heavy atom. The summed E-state index contributed by atoms with van der Waals surface area (Å²) in [7, 11) is 1.62. The molecule has 1 unspecified atom stereocenters. The second-order valence-corrected chi connectivity index (χ2v) is 7.08. The van der Waals surface area contributed by atoms with Crippen LogP contribution >= 0.6 is 0 Å². The topological polar surface area (TPSA) is 70.0 Å². The summed E-state index contributed by atoms with van der Waals surface area (Å²) < 4.78 is 40.9. The number of carbonyl (C=O) groups is 1. The van der Waals surface area contributed by atoms with Crippen molar-refractivity contribution >= 4 is 11.5 Å². The van der Waals surface area contributed by atoms with Crippen LogP contribution in [0.15, 0.2) is 35.1 Å². The molecule has 2 N–H and O–H groups in total. The summed E-state index contributed by atoms with van der Waals surface area (Å²) in [5.74, 6) is -2.35. The molecule has 142 valence electrons. The lowest BCUT2D eigenvalue weighted by molar-refractivity contribution is -0.173. The van der Waals surface area contributed by atoms with Gasteiger partial charge in [0.25, 0.3) is 5.56 Å². The number of ketones is 1. The molecular formula is C18H22F3N3O2. The highest BCUT2D eigenvalue weighted by Crippen LogP contribution is 2.41. The first-order valence-corrected chi connectivity index (χ1v) is 8.10. The van der Waals surface area contributed by atoms with Crippen LogP contribution in [-0.2, 0) is 11.8 Å². The molecule has 2 rings (SSSR count). The van der Waals surface area contributed by atoms with Gasteiger partial charge in [0, 0.05) is 19.4 Å². The molecule has 0 saturated carbocycles. The van der Waals surface area contributed by atoms with Gasteiger partial charge in [-0.25, -0.2) is 4.68 Å². The van der Waals surface area contributed by atoms with Gasteiger partial charge >= 0.3 is 6.18 Å². The minimum atomic E-state index is -4.88. The van der Waals surface area contributed by atoms with Gasteiger partial charge in [0.1, 0.15) is 5.69 Å². The molecule has 1 heterocycles. The minimum Gasteiger partial charge on any atom is -0.393 e. The summed E-state index contributed by atoms with van der Waals surface area (Å²) >= 11 is 0. The number of Topliss-reactive ketones (excluding diaryl/α,β-unsaturated/α-hetero) is 1. The van der Waals surface area contributed by atoms with Gasteiger partial charge in [-0.2, -0.15) is 13.2 Å². The number of rotatable bonds is 5. The number of nitrogens with zero attached hydrogens (tertiary/aromatic N) is 2. The summed E-state index contributed by atoms with van der Waals surface area (Å²) in [4.78, 5) is 24.0. The van der Waals surface area contributed by atoms with E-state index in [1.165, 1.54) is 9.36 Å². The third-order valence-electron chi connectivity index (χ3n) is 4.86. The standard InChI is InChI=1S/C18H22F3N3O2/c1-11(17(2,3)10-13(25)18(19,20)21)15-14(22)16(26)24(23(15)4)12-8-6-5-7-9-12/h5-9,11H,10,22H2,1-4H3. The molecule has 0 aliphatic carbocycles. The Bertz CT molecular complexity index is 864. The van der Waals surface area contributed by atoms with Crippen LogP contribution in [0.4, 0.5) is 18.9 Å². The molecule has 0 amide bonds. The highest BCUT2D eigenvalue weighted by Gasteiger charge is 2.43. The summed E-state index contributed by atoms with van der Waals surface area (Å²) in [5, 5.41) is 0. The first-order valence-electron chi connectivity index (χ1n) is 8.10. The van der Waals surface area contributed by atoms with Gasteiger partial charge in [0.2, 0.25) is 5.78 Å². The van der Waals surface area contributed by atoms with Crippen LogP contribution in [0.2, 0.25) is 0 Å². The summed E-state index contributed by atoms with van der Waals surface area (Å²) in [6.07, 6.45) is -5.58. The Morgan fingerprint density at radius 2 is 1.73 bits per heavy atom. The van der Waals surface area contributed by atoms with E-state index in [2.05, 4.69) is 0 Å². The zero-order chi connectivity index (χ0) is 19.9. The third kappa shape index (κ3) is 3.54. The van der Waals surface area contributed by atoms with Gasteiger partial charge in [-0.15, -0.1) is 0 Å². The van der Waals surface area contributed by atoms with Crippen LogP contribution in [-0.4, -0.2) is 21.3 Å². The first-order chi connectivity index (χ1) is 11.9. The Labute approximate surface area is 149 Å². The summed E-state index contributed by atoms with van der Waals surface area (Å²) in [6, 6.07) is 8.79. The van der Waals surface area contributed by atoms with E-state index in [-0.39, 0.29) is 5.69 Å². The van der Waals surface area contributed by atoms with E-state index in [9.17, 15) is 22.8 Å². The van der Waals surface area contributed by atoms with Crippen LogP contribution in [0.1, 0.15) is 38.8 Å². The maximum atomic E-state index is 12.7. The van der Waals surface area contributed by atoms with Crippen molar-refractivity contribution in [3.63, 3.8) is 0 Å². The second-order valence-electron chi connectivity index (χ2n) is 7.08. The monoisotopic (exact) mass is 369 g/mol. The van der Waals surface area contributed by atoms with E-state index < -0.39 is 35.3 Å². The Hall–Kier alpha value is -2.51. The minimum absolute atomic E-state index is 0.0311. The van der Waals surface area contributed by atoms with E-state index >= 15 is 0 Å². The summed E-state index contributed by atoms with van der Waals surface area (Å²) in [6.45, 7) is 4.79. The Morgan fingerprint density at radius 3 is 2.23 bits per heavy atom. The Balaban J connectivity index is 2.49. The van der Waals surface area contributed by atoms with E-state index in [0.29, 0.717) is 11.4 Å². The molecule has 1 atom stereocenters. The zero-order valence-electron chi connectivity index (χ0n) is 15.1. The van der Waals surface area contributed by atoms with Crippen molar-refractivity contribution < 1.29 is 18.0 Å². The lowest BCUT2D eigenvalue weighted by atomic mass is 9.74. The number of alkyl halides is 3. The molecule has 5 nitrogen and oxygen atoms in total. The maximum Gasteiger partial charge on any atom is 0.449 e. The van der Waals surface area contributed by atoms with Crippen LogP contribution in [0.25, 0.3) is 5.69 Å². The van der Waals surface area contributed by atoms with Crippen molar-refractivity contribution in [2.45, 2.75) is 39.3 Å². The lowest BCUT2D eigenvalue weighted by Gasteiger charge is -2.32. The molecular weight excluding hydrogens is 347 g/mol. The molecule has 0 aliphatic rings. The quantitative estimate of drug-likeness (QED) is 0.878. The highest BCUT2D eigenvalue weighted by molar-refractivity contribution is 5.84. The molecule has 0 spiro atoms. The fourth-order valence-electron chi connectivity index (χ4n) is 3.05. The fourth-order valence-corrected chi connectivity index (χ4v) is 3.05. The number of nitrogen functional groups attached to an aromatic ring is 1. The number of halogens is 3. The number of nitrogens with two attached hydrogens (primary N) is 1. The van der Waals surface area contributed by atoms with Crippen LogP contribution < -0.4 is 11.3 Å². The molecule has 2 aromatic rings. The maximum absolute atomic E-state index is 12.7. The number of hydrogen-bond acceptors (Lipinski definition) is 3. The number of benzene rings is 1. The molecule has 26 heavy (non-hydrogen) atoms. The van der Waals surface area contributed by atoms with Crippen LogP contribution in [0.5, 0.6) is 0 Å². The number of para-hydroxylation sites is 1. The third-order valence-corrected chi connectivity index (χ3v) is 4.86. The SMILES string of the molecule is CC(c1c(N)c(=O)n(-c2ccccc2)n1C)C(C)(C)CC(=O)C(F)(F)F. The average molecular weight is 369 g/mol. The van der Waals surface area contributed by atoms with Gasteiger partial charge in [0.15, 0.2) is 0 Å². The van der Waals surface area contributed by atoms with Crippen molar-refractivity contribution in [3.8, 4) is 5.69 Å². The Kier molecular flexibility index (Phi) is 5.07. The number of aromatic nitrogens is 2. The molecule has 0 saturated heterocycles. The molecule has 1 aromatic carbocycles. The molecule has 0 aliphatic heterocycles. The van der Waals surface area contributed by atoms with E-state index in [4.69, 9.17) is 5.73 Å². The lowest BCUT2D eigenvalue weighted by Crippen LogP contribution is -2.32. The molecule has 1 aromatic heterocycles. The molecule has 0 radical (unpaired) electrons. The second kappa shape index (κ2) is 6.66. The normalized spacial score (nSPS) is 13.7. The van der Waals surface area contributed by atoms with Crippen molar-refractivity contribution in [1.29, 1.82) is 0 Å². The van der Waals surface area contributed by atoms with Crippen LogP contribution in [0, 0.1) is 5.41 Å². The smallest absolute Gasteiger partial charge is 0.393 e. The number of carbonyl (C=O) groups excluding carboxylic acids is 1. The van der Waals surface area contributed by atoms with Gasteiger partial charge in [0.05, 0.1) is 11.4 Å². The van der Waals surface area contributed by atoms with Gasteiger partial charge in [-0.3, -0.25) is 14.3 Å². The van der Waals surface area contributed by atoms with Crippen molar-refractivity contribution in [3.05, 3.63) is 46.4 Å². The molecule has 8 heteroatoms. The largest absolute Gasteiger partial charge is 0.449 e. The van der Waals surface area contributed by atoms with Crippen molar-refractivity contribution in [2.75, 3.05) is 5.73 Å². The predicted octanol–water partition coefficient (Wildman–Crippen LogP) is 3.41. The average Bonchev–Trinajstić information content (AvgIpc) is 2.76. The molecule has 0 bridgehead atoms. The first kappa shape index (κ1) is 19.8. The zero-order valence-corrected chi connectivity index (χ0v) is 15.1. The van der Waals surface area contributed by atoms with Crippen molar-refractivity contribution in [1.82, 2.24) is 9.36 Å². The van der Waals surface area contributed by atoms with E-state index in [1.807, 2.05) is 0 Å². The van der Waals surface area contributed by atoms with E-state index in [0.717, 1.165) is 0 Å². The number of hydrogen-bond donors (Lipinski definition) is 1. The van der Waals surface area contributed by atoms with E-state index in [1.54, 1.807) is 58.2 Å². The highest BCUT2D eigenvalue weighted by atomic mass is 19.4. The van der Waals surface area contributed by atoms with Gasteiger partial charge in [-0.05, 0) is 17.5 Å². The van der Waals surface area contributed by atoms with Gasteiger partial charge < -0.3 is 5.73 Å². The van der Waals surface area contributed by atoms with Gasteiger partial charge in [-0.1, -0.05) is 39.0 Å². The van der Waals surface area contributed by atoms with Crippen LogP contribution in [0.3, 0.4) is 0 Å². The number of anilines is 1. The molecule has 0 fully saturated rings.